The predicted molar refractivity (Wildman–Crippen MR) is 123 cm³/mol. The van der Waals surface area contributed by atoms with E-state index in [9.17, 15) is 0 Å². The van der Waals surface area contributed by atoms with Crippen molar-refractivity contribution in [3.8, 4) is 11.5 Å². The Hall–Kier alpha value is -2.84. The van der Waals surface area contributed by atoms with Crippen molar-refractivity contribution in [3.63, 3.8) is 0 Å². The van der Waals surface area contributed by atoms with Crippen LogP contribution in [0.3, 0.4) is 0 Å². The summed E-state index contributed by atoms with van der Waals surface area (Å²) in [7, 11) is 3.29. The number of anilines is 1. The Balaban J connectivity index is 1.28. The molecule has 30 heavy (non-hydrogen) atoms. The van der Waals surface area contributed by atoms with E-state index in [0.29, 0.717) is 0 Å². The van der Waals surface area contributed by atoms with E-state index < -0.39 is 0 Å². The molecule has 0 saturated carbocycles. The molecule has 4 rings (SSSR count). The summed E-state index contributed by atoms with van der Waals surface area (Å²) in [5, 5.41) is 13.8. The second-order valence-electron chi connectivity index (χ2n) is 6.52. The number of ether oxygens (including phenoxy) is 2. The number of pyridine rings is 1. The molecule has 0 aliphatic rings. The van der Waals surface area contributed by atoms with Crippen LogP contribution in [0.2, 0.25) is 0 Å². The number of nitrogens with zero attached hydrogens (tertiary/aromatic N) is 3. The summed E-state index contributed by atoms with van der Waals surface area (Å²) in [6.07, 6.45) is 0.851. The monoisotopic (exact) mass is 438 g/mol. The van der Waals surface area contributed by atoms with Gasteiger partial charge in [0.25, 0.3) is 0 Å². The number of nitrogens with one attached hydrogen (secondary N) is 1. The summed E-state index contributed by atoms with van der Waals surface area (Å²) < 4.78 is 11.6. The molecule has 0 radical (unpaired) electrons. The molecule has 6 nitrogen and oxygen atoms in total. The molecule has 0 aliphatic heterocycles. The average Bonchev–Trinajstić information content (AvgIpc) is 3.25. The van der Waals surface area contributed by atoms with E-state index in [-0.39, 0.29) is 0 Å². The fourth-order valence-electron chi connectivity index (χ4n) is 3.01. The minimum absolute atomic E-state index is 0.737. The van der Waals surface area contributed by atoms with Gasteiger partial charge >= 0.3 is 0 Å². The second kappa shape index (κ2) is 9.77. The van der Waals surface area contributed by atoms with Crippen molar-refractivity contribution >= 4 is 39.1 Å². The normalized spacial score (nSPS) is 10.9. The third-order valence-corrected chi connectivity index (χ3v) is 6.59. The van der Waals surface area contributed by atoms with Crippen molar-refractivity contribution < 1.29 is 9.47 Å². The average molecular weight is 439 g/mol. The number of fused-ring (bicyclic) bond motifs is 1. The molecule has 0 bridgehead atoms. The lowest BCUT2D eigenvalue weighted by molar-refractivity contribution is 0.354. The maximum Gasteiger partial charge on any atom is 0.206 e. The highest BCUT2D eigenvalue weighted by Crippen LogP contribution is 2.29. The van der Waals surface area contributed by atoms with Crippen molar-refractivity contribution in [3.05, 3.63) is 65.9 Å². The van der Waals surface area contributed by atoms with Gasteiger partial charge < -0.3 is 14.8 Å². The maximum atomic E-state index is 5.36. The Morgan fingerprint density at radius 3 is 2.70 bits per heavy atom. The van der Waals surface area contributed by atoms with Crippen LogP contribution >= 0.6 is 23.1 Å². The topological polar surface area (TPSA) is 69.2 Å². The molecule has 8 heteroatoms. The van der Waals surface area contributed by atoms with Crippen LogP contribution in [0.25, 0.3) is 10.9 Å². The molecule has 0 unspecified atom stereocenters. The van der Waals surface area contributed by atoms with Gasteiger partial charge in [0.2, 0.25) is 5.13 Å². The van der Waals surface area contributed by atoms with Crippen molar-refractivity contribution in [2.45, 2.75) is 16.5 Å². The molecule has 1 N–H and O–H groups in total. The zero-order valence-electron chi connectivity index (χ0n) is 16.8. The van der Waals surface area contributed by atoms with Gasteiger partial charge in [-0.3, -0.25) is 4.98 Å². The lowest BCUT2D eigenvalue weighted by atomic mass is 10.1. The summed E-state index contributed by atoms with van der Waals surface area (Å²) in [6.45, 7) is 0.765. The molecule has 0 amide bonds. The fourth-order valence-corrected chi connectivity index (χ4v) is 4.70. The number of rotatable bonds is 9. The number of benzene rings is 2. The smallest absolute Gasteiger partial charge is 0.206 e. The van der Waals surface area contributed by atoms with Gasteiger partial charge in [0.1, 0.15) is 0 Å². The van der Waals surface area contributed by atoms with Gasteiger partial charge in [-0.25, -0.2) is 0 Å². The molecular weight excluding hydrogens is 416 g/mol. The minimum Gasteiger partial charge on any atom is -0.493 e. The largest absolute Gasteiger partial charge is 0.493 e. The summed E-state index contributed by atoms with van der Waals surface area (Å²) in [5.74, 6) is 2.25. The van der Waals surface area contributed by atoms with Crippen molar-refractivity contribution in [1.82, 2.24) is 15.2 Å². The summed E-state index contributed by atoms with van der Waals surface area (Å²) in [4.78, 5) is 4.71. The van der Waals surface area contributed by atoms with Gasteiger partial charge in [-0.15, -0.1) is 10.2 Å². The summed E-state index contributed by atoms with van der Waals surface area (Å²) >= 11 is 3.22. The molecule has 0 aliphatic carbocycles. The Kier molecular flexibility index (Phi) is 6.66. The molecule has 0 fully saturated rings. The van der Waals surface area contributed by atoms with Gasteiger partial charge in [0.15, 0.2) is 15.8 Å². The first-order valence-corrected chi connectivity index (χ1v) is 11.3. The van der Waals surface area contributed by atoms with E-state index in [4.69, 9.17) is 14.5 Å². The molecule has 4 aromatic rings. The van der Waals surface area contributed by atoms with Crippen LogP contribution in [0, 0.1) is 0 Å². The van der Waals surface area contributed by atoms with Crippen LogP contribution in [0.4, 0.5) is 5.13 Å². The number of thioether (sulfide) groups is 1. The van der Waals surface area contributed by atoms with Gasteiger partial charge in [-0.05, 0) is 36.2 Å². The van der Waals surface area contributed by atoms with Crippen molar-refractivity contribution in [2.24, 2.45) is 0 Å². The lowest BCUT2D eigenvalue weighted by Gasteiger charge is -2.09. The molecule has 0 spiro atoms. The quantitative estimate of drug-likeness (QED) is 0.367. The van der Waals surface area contributed by atoms with Gasteiger partial charge in [-0.1, -0.05) is 53.4 Å². The first kappa shape index (κ1) is 20.4. The van der Waals surface area contributed by atoms with Crippen LogP contribution in [-0.4, -0.2) is 35.9 Å². The highest BCUT2D eigenvalue weighted by molar-refractivity contribution is 8.00. The van der Waals surface area contributed by atoms with Gasteiger partial charge in [0.05, 0.1) is 25.4 Å². The predicted octanol–water partition coefficient (Wildman–Crippen LogP) is 5.05. The van der Waals surface area contributed by atoms with Crippen LogP contribution < -0.4 is 14.8 Å². The van der Waals surface area contributed by atoms with E-state index in [1.807, 2.05) is 36.4 Å². The number of methoxy groups -OCH3 is 2. The number of hydrogen-bond acceptors (Lipinski definition) is 8. The molecule has 154 valence electrons. The second-order valence-corrected chi connectivity index (χ2v) is 8.72. The lowest BCUT2D eigenvalue weighted by Crippen LogP contribution is -2.04. The third kappa shape index (κ3) is 5.01. The fraction of sp³-hybridized carbons (Fsp3) is 0.227. The van der Waals surface area contributed by atoms with Crippen molar-refractivity contribution in [2.75, 3.05) is 26.1 Å². The SMILES string of the molecule is COc1ccc(CCNc2nnc(SCc3ccc4ccccc4n3)s2)cc1OC. The van der Waals surface area contributed by atoms with Crippen LogP contribution in [0.1, 0.15) is 11.3 Å². The molecular formula is C22H22N4O2S2. The summed E-state index contributed by atoms with van der Waals surface area (Å²) in [5.41, 5.74) is 3.23. The Morgan fingerprint density at radius 1 is 0.967 bits per heavy atom. The third-order valence-electron chi connectivity index (χ3n) is 4.54. The van der Waals surface area contributed by atoms with Crippen LogP contribution in [-0.2, 0) is 12.2 Å². The highest BCUT2D eigenvalue weighted by Gasteiger charge is 2.08. The zero-order valence-corrected chi connectivity index (χ0v) is 18.4. The number of aromatic nitrogens is 3. The van der Waals surface area contributed by atoms with E-state index in [1.54, 1.807) is 37.3 Å². The molecule has 2 aromatic carbocycles. The van der Waals surface area contributed by atoms with Crippen molar-refractivity contribution in [1.29, 1.82) is 0 Å². The van der Waals surface area contributed by atoms with Crippen LogP contribution in [0.5, 0.6) is 11.5 Å². The van der Waals surface area contributed by atoms with Gasteiger partial charge in [0, 0.05) is 17.7 Å². The van der Waals surface area contributed by atoms with Gasteiger partial charge in [-0.2, -0.15) is 0 Å². The molecule has 2 aromatic heterocycles. The number of para-hydroxylation sites is 1. The first-order valence-electron chi connectivity index (χ1n) is 9.51. The van der Waals surface area contributed by atoms with Crippen LogP contribution in [0.15, 0.2) is 58.9 Å². The Labute approximate surface area is 183 Å². The standard InChI is InChI=1S/C22H22N4O2S2/c1-27-19-10-7-15(13-20(19)28-2)11-12-23-21-25-26-22(30-21)29-14-17-9-8-16-5-3-4-6-18(16)24-17/h3-10,13H,11-12,14H2,1-2H3,(H,23,25). The zero-order chi connectivity index (χ0) is 20.8. The molecule has 0 atom stereocenters. The van der Waals surface area contributed by atoms with E-state index in [2.05, 4.69) is 33.7 Å². The van der Waals surface area contributed by atoms with E-state index >= 15 is 0 Å². The number of hydrogen-bond donors (Lipinski definition) is 1. The maximum absolute atomic E-state index is 5.36. The first-order chi connectivity index (χ1) is 14.7. The Morgan fingerprint density at radius 2 is 1.83 bits per heavy atom. The van der Waals surface area contributed by atoms with E-state index in [1.165, 1.54) is 5.56 Å². The van der Waals surface area contributed by atoms with E-state index in [0.717, 1.165) is 56.3 Å². The molecule has 0 saturated heterocycles. The minimum atomic E-state index is 0.737. The highest BCUT2D eigenvalue weighted by atomic mass is 32.2. The molecule has 2 heterocycles. The summed E-state index contributed by atoms with van der Waals surface area (Å²) in [6, 6.07) is 18.3. The Bertz CT molecular complexity index is 1130.